The molecule has 6 nitrogen and oxygen atoms in total. The van der Waals surface area contributed by atoms with E-state index in [-0.39, 0.29) is 11.3 Å². The molecule has 3 aromatic rings. The molecule has 0 saturated carbocycles. The number of hydrazone groups is 1. The van der Waals surface area contributed by atoms with Gasteiger partial charge >= 0.3 is 0 Å². The summed E-state index contributed by atoms with van der Waals surface area (Å²) in [7, 11) is 1.44. The Bertz CT molecular complexity index is 1020. The van der Waals surface area contributed by atoms with Crippen LogP contribution in [0.2, 0.25) is 0 Å². The standard InChI is InChI=1S/C19H16FN3O3/c1-11-8-15(14-9-13(20)6-7-16(14)22-11)19(25)23-21-10-12-4-3-5-17(26-2)18(12)24/h3-10,24H,1-2H3,(H,23,25). The summed E-state index contributed by atoms with van der Waals surface area (Å²) in [6, 6.07) is 10.5. The van der Waals surface area contributed by atoms with Crippen molar-refractivity contribution in [2.24, 2.45) is 5.10 Å². The van der Waals surface area contributed by atoms with Gasteiger partial charge in [-0.3, -0.25) is 9.78 Å². The molecule has 0 fully saturated rings. The molecule has 1 amide bonds. The molecule has 3 rings (SSSR count). The molecule has 0 spiro atoms. The molecule has 0 aliphatic carbocycles. The maximum atomic E-state index is 13.5. The molecular formula is C19H16FN3O3. The molecule has 2 aromatic carbocycles. The molecule has 2 N–H and O–H groups in total. The average Bonchev–Trinajstić information content (AvgIpc) is 2.62. The number of aryl methyl sites for hydroxylation is 1. The molecule has 132 valence electrons. The van der Waals surface area contributed by atoms with Gasteiger partial charge in [0, 0.05) is 16.6 Å². The average molecular weight is 353 g/mol. The molecule has 0 saturated heterocycles. The molecule has 0 atom stereocenters. The van der Waals surface area contributed by atoms with E-state index in [1.54, 1.807) is 31.2 Å². The summed E-state index contributed by atoms with van der Waals surface area (Å²) in [5.41, 5.74) is 4.17. The molecule has 1 heterocycles. The number of hydrogen-bond acceptors (Lipinski definition) is 5. The highest BCUT2D eigenvalue weighted by atomic mass is 19.1. The smallest absolute Gasteiger partial charge is 0.272 e. The first-order valence-corrected chi connectivity index (χ1v) is 7.76. The Kier molecular flexibility index (Phi) is 4.79. The van der Waals surface area contributed by atoms with Gasteiger partial charge in [-0.1, -0.05) is 6.07 Å². The normalized spacial score (nSPS) is 11.0. The van der Waals surface area contributed by atoms with Crippen LogP contribution in [0.25, 0.3) is 10.9 Å². The number of carbonyl (C=O) groups excluding carboxylic acids is 1. The SMILES string of the molecule is COc1cccc(C=NNC(=O)c2cc(C)nc3ccc(F)cc23)c1O. The van der Waals surface area contributed by atoms with E-state index in [0.717, 1.165) is 0 Å². The van der Waals surface area contributed by atoms with Crippen molar-refractivity contribution in [3.63, 3.8) is 0 Å². The summed E-state index contributed by atoms with van der Waals surface area (Å²) < 4.78 is 18.6. The van der Waals surface area contributed by atoms with Crippen molar-refractivity contribution in [2.75, 3.05) is 7.11 Å². The number of benzene rings is 2. The van der Waals surface area contributed by atoms with Gasteiger partial charge in [-0.2, -0.15) is 5.10 Å². The Morgan fingerprint density at radius 3 is 2.88 bits per heavy atom. The van der Waals surface area contributed by atoms with Gasteiger partial charge in [0.2, 0.25) is 0 Å². The zero-order valence-corrected chi connectivity index (χ0v) is 14.2. The van der Waals surface area contributed by atoms with E-state index >= 15 is 0 Å². The minimum Gasteiger partial charge on any atom is -0.504 e. The summed E-state index contributed by atoms with van der Waals surface area (Å²) in [6.07, 6.45) is 1.30. The van der Waals surface area contributed by atoms with Crippen molar-refractivity contribution in [1.82, 2.24) is 10.4 Å². The van der Waals surface area contributed by atoms with Crippen LogP contribution in [0.4, 0.5) is 4.39 Å². The van der Waals surface area contributed by atoms with Gasteiger partial charge in [-0.05, 0) is 43.3 Å². The minimum absolute atomic E-state index is 0.0831. The zero-order valence-electron chi connectivity index (χ0n) is 14.2. The number of hydrogen-bond donors (Lipinski definition) is 2. The summed E-state index contributed by atoms with van der Waals surface area (Å²) in [6.45, 7) is 1.75. The van der Waals surface area contributed by atoms with Crippen molar-refractivity contribution in [3.8, 4) is 11.5 Å². The van der Waals surface area contributed by atoms with Crippen molar-refractivity contribution in [1.29, 1.82) is 0 Å². The Morgan fingerprint density at radius 1 is 1.31 bits per heavy atom. The third-order valence-corrected chi connectivity index (χ3v) is 3.76. The van der Waals surface area contributed by atoms with E-state index in [9.17, 15) is 14.3 Å². The molecule has 1 aromatic heterocycles. The number of rotatable bonds is 4. The highest BCUT2D eigenvalue weighted by Gasteiger charge is 2.12. The van der Waals surface area contributed by atoms with Gasteiger partial charge in [-0.25, -0.2) is 9.82 Å². The van der Waals surface area contributed by atoms with Crippen LogP contribution in [-0.4, -0.2) is 29.3 Å². The van der Waals surface area contributed by atoms with Crippen LogP contribution in [0.5, 0.6) is 11.5 Å². The van der Waals surface area contributed by atoms with Gasteiger partial charge < -0.3 is 9.84 Å². The lowest BCUT2D eigenvalue weighted by Crippen LogP contribution is -2.18. The van der Waals surface area contributed by atoms with Crippen LogP contribution < -0.4 is 10.2 Å². The van der Waals surface area contributed by atoms with Crippen LogP contribution >= 0.6 is 0 Å². The van der Waals surface area contributed by atoms with Gasteiger partial charge in [0.1, 0.15) is 5.82 Å². The molecule has 0 bridgehead atoms. The van der Waals surface area contributed by atoms with E-state index in [2.05, 4.69) is 15.5 Å². The second-order valence-electron chi connectivity index (χ2n) is 5.57. The number of phenolic OH excluding ortho intramolecular Hbond substituents is 1. The molecule has 0 aliphatic rings. The number of carbonyl (C=O) groups is 1. The second kappa shape index (κ2) is 7.18. The van der Waals surface area contributed by atoms with Crippen LogP contribution in [0.15, 0.2) is 47.6 Å². The molecule has 0 radical (unpaired) electrons. The number of nitrogens with zero attached hydrogens (tertiary/aromatic N) is 2. The fourth-order valence-electron chi connectivity index (χ4n) is 2.55. The number of aromatic nitrogens is 1. The lowest BCUT2D eigenvalue weighted by Gasteiger charge is -2.07. The van der Waals surface area contributed by atoms with Gasteiger partial charge in [-0.15, -0.1) is 0 Å². The number of nitrogens with one attached hydrogen (secondary N) is 1. The maximum absolute atomic E-state index is 13.5. The predicted molar refractivity (Wildman–Crippen MR) is 96.2 cm³/mol. The quantitative estimate of drug-likeness (QED) is 0.557. The number of amides is 1. The molecule has 26 heavy (non-hydrogen) atoms. The number of ether oxygens (including phenoxy) is 1. The summed E-state index contributed by atoms with van der Waals surface area (Å²) in [4.78, 5) is 16.7. The monoisotopic (exact) mass is 353 g/mol. The van der Waals surface area contributed by atoms with Crippen LogP contribution in [0.3, 0.4) is 0 Å². The van der Waals surface area contributed by atoms with E-state index in [1.807, 2.05) is 0 Å². The fraction of sp³-hybridized carbons (Fsp3) is 0.105. The molecule has 7 heteroatoms. The summed E-state index contributed by atoms with van der Waals surface area (Å²) >= 11 is 0. The zero-order chi connectivity index (χ0) is 18.7. The van der Waals surface area contributed by atoms with Gasteiger partial charge in [0.05, 0.1) is 24.4 Å². The predicted octanol–water partition coefficient (Wildman–Crippen LogP) is 3.16. The van der Waals surface area contributed by atoms with Crippen LogP contribution in [-0.2, 0) is 0 Å². The number of aromatic hydroxyl groups is 1. The number of methoxy groups -OCH3 is 1. The Hall–Kier alpha value is -3.48. The number of fused-ring (bicyclic) bond motifs is 1. The van der Waals surface area contributed by atoms with E-state index in [1.165, 1.54) is 31.5 Å². The first-order chi connectivity index (χ1) is 12.5. The Morgan fingerprint density at radius 2 is 2.12 bits per heavy atom. The van der Waals surface area contributed by atoms with Crippen LogP contribution in [0, 0.1) is 12.7 Å². The highest BCUT2D eigenvalue weighted by Crippen LogP contribution is 2.28. The lowest BCUT2D eigenvalue weighted by molar-refractivity contribution is 0.0956. The maximum Gasteiger partial charge on any atom is 0.272 e. The number of pyridine rings is 1. The third-order valence-electron chi connectivity index (χ3n) is 3.76. The first kappa shape index (κ1) is 17.3. The lowest BCUT2D eigenvalue weighted by atomic mass is 10.1. The van der Waals surface area contributed by atoms with E-state index in [4.69, 9.17) is 4.74 Å². The summed E-state index contributed by atoms with van der Waals surface area (Å²) in [5, 5.41) is 14.3. The summed E-state index contributed by atoms with van der Waals surface area (Å²) in [5.74, 6) is -0.751. The number of phenols is 1. The van der Waals surface area contributed by atoms with E-state index < -0.39 is 11.7 Å². The molecule has 0 aliphatic heterocycles. The topological polar surface area (TPSA) is 83.8 Å². The minimum atomic E-state index is -0.510. The number of para-hydroxylation sites is 1. The van der Waals surface area contributed by atoms with Gasteiger partial charge in [0.25, 0.3) is 5.91 Å². The highest BCUT2D eigenvalue weighted by molar-refractivity contribution is 6.06. The van der Waals surface area contributed by atoms with Crippen molar-refractivity contribution in [2.45, 2.75) is 6.92 Å². The Balaban J connectivity index is 1.87. The van der Waals surface area contributed by atoms with Gasteiger partial charge in [0.15, 0.2) is 11.5 Å². The largest absolute Gasteiger partial charge is 0.504 e. The Labute approximate surface area is 148 Å². The van der Waals surface area contributed by atoms with Crippen molar-refractivity contribution < 1.29 is 19.0 Å². The van der Waals surface area contributed by atoms with Crippen molar-refractivity contribution >= 4 is 23.0 Å². The van der Waals surface area contributed by atoms with Crippen LogP contribution in [0.1, 0.15) is 21.6 Å². The van der Waals surface area contributed by atoms with E-state index in [0.29, 0.717) is 27.9 Å². The fourth-order valence-corrected chi connectivity index (χ4v) is 2.55. The molecular weight excluding hydrogens is 337 g/mol. The second-order valence-corrected chi connectivity index (χ2v) is 5.57. The number of halogens is 1. The third kappa shape index (κ3) is 3.46. The molecule has 0 unspecified atom stereocenters. The van der Waals surface area contributed by atoms with Crippen molar-refractivity contribution in [3.05, 3.63) is 65.1 Å². The first-order valence-electron chi connectivity index (χ1n) is 7.76.